The van der Waals surface area contributed by atoms with Crippen LogP contribution in [0, 0.1) is 0 Å². The maximum Gasteiger partial charge on any atom is 0.135 e. The maximum absolute atomic E-state index is 6.95. The molecule has 1 aliphatic heterocycles. The lowest BCUT2D eigenvalue weighted by Crippen LogP contribution is -2.22. The van der Waals surface area contributed by atoms with Crippen LogP contribution in [-0.4, -0.2) is 16.9 Å². The van der Waals surface area contributed by atoms with Crippen molar-refractivity contribution in [2.45, 2.75) is 37.2 Å². The Hall–Kier alpha value is -6.53. The number of ether oxygens (including phenoxy) is 1. The summed E-state index contributed by atoms with van der Waals surface area (Å²) < 4.78 is 8.97. The topological polar surface area (TPSA) is 66.6 Å². The highest BCUT2D eigenvalue weighted by Crippen LogP contribution is 2.46. The van der Waals surface area contributed by atoms with Crippen LogP contribution >= 0.6 is 0 Å². The number of allylic oxidation sites excluding steroid dienone is 6. The molecule has 0 amide bonds. The predicted molar refractivity (Wildman–Crippen MR) is 231 cm³/mol. The molecule has 7 aromatic rings. The molecule has 2 heterocycles. The largest absolute Gasteiger partial charge is 0.618 e. The minimum absolute atomic E-state index is 0.0646. The third-order valence-corrected chi connectivity index (χ3v) is 11.3. The molecule has 0 fully saturated rings. The molecule has 2 aliphatic carbocycles. The average molecular weight is 726 g/mol. The number of aromatic nitrogens is 1. The summed E-state index contributed by atoms with van der Waals surface area (Å²) in [5.41, 5.74) is 19.4. The summed E-state index contributed by atoms with van der Waals surface area (Å²) in [5.74, 6) is 1.03. The summed E-state index contributed by atoms with van der Waals surface area (Å²) in [6, 6.07) is 51.4. The molecular formula is C51H41N4O-. The van der Waals surface area contributed by atoms with Crippen LogP contribution in [0.3, 0.4) is 0 Å². The number of nitrogens with zero attached hydrogens (tertiary/aromatic N) is 3. The SMILES string of the molecule is NC([N-]C(/N=C/C1=CC=CCC1)c1ccccc1)c1cccc(-n2c3ccc(-c4ccccc4)cc3c3cc(C4C=CC=C5c6ccccc6OC54)ccc32)c1. The standard InChI is InChI=1S/C51H41N4O/c52-50(54-51(36-18-8-3-9-19-36)53-33-34-14-4-1-5-15-34)39-20-12-21-40(30-39)55-46-28-26-37(35-16-6-2-7-17-35)31-44(46)45-32-38(27-29-47(45)55)41-23-13-24-43-42-22-10-11-25-48(42)56-49(41)43/h1-4,6-14,16-33,41,49-51H,5,15,52H2/q-1/b53-33+. The van der Waals surface area contributed by atoms with Gasteiger partial charge in [-0.15, -0.1) is 0 Å². The molecule has 0 saturated carbocycles. The van der Waals surface area contributed by atoms with Gasteiger partial charge in [0, 0.05) is 39.7 Å². The monoisotopic (exact) mass is 725 g/mol. The predicted octanol–water partition coefficient (Wildman–Crippen LogP) is 12.3. The van der Waals surface area contributed by atoms with Crippen LogP contribution in [0.1, 0.15) is 53.3 Å². The van der Waals surface area contributed by atoms with Gasteiger partial charge in [-0.25, -0.2) is 0 Å². The molecule has 10 rings (SSSR count). The summed E-state index contributed by atoms with van der Waals surface area (Å²) >= 11 is 0. The van der Waals surface area contributed by atoms with Crippen LogP contribution in [0.2, 0.25) is 0 Å². The molecule has 0 bridgehead atoms. The van der Waals surface area contributed by atoms with Crippen molar-refractivity contribution in [1.82, 2.24) is 4.57 Å². The molecule has 0 spiro atoms. The van der Waals surface area contributed by atoms with Gasteiger partial charge in [0.25, 0.3) is 0 Å². The zero-order valence-electron chi connectivity index (χ0n) is 30.9. The van der Waals surface area contributed by atoms with Crippen LogP contribution in [-0.2, 0) is 0 Å². The van der Waals surface area contributed by atoms with E-state index in [-0.39, 0.29) is 12.0 Å². The number of para-hydroxylation sites is 1. The number of aliphatic imine (C=N–C) groups is 1. The number of rotatable bonds is 9. The second-order valence-electron chi connectivity index (χ2n) is 14.7. The van der Waals surface area contributed by atoms with Gasteiger partial charge in [-0.2, -0.15) is 0 Å². The molecular weight excluding hydrogens is 685 g/mol. The minimum atomic E-state index is -0.585. The number of nitrogens with two attached hydrogens (primary N) is 1. The van der Waals surface area contributed by atoms with E-state index in [0.717, 1.165) is 46.4 Å². The average Bonchev–Trinajstić information content (AvgIpc) is 3.81. The van der Waals surface area contributed by atoms with Crippen molar-refractivity contribution in [2.75, 3.05) is 0 Å². The van der Waals surface area contributed by atoms with E-state index >= 15 is 0 Å². The van der Waals surface area contributed by atoms with E-state index in [1.807, 2.05) is 30.5 Å². The van der Waals surface area contributed by atoms with Gasteiger partial charge in [0.1, 0.15) is 11.9 Å². The lowest BCUT2D eigenvalue weighted by Gasteiger charge is -2.35. The first kappa shape index (κ1) is 34.0. The molecule has 56 heavy (non-hydrogen) atoms. The van der Waals surface area contributed by atoms with E-state index in [2.05, 4.69) is 162 Å². The smallest absolute Gasteiger partial charge is 0.135 e. The van der Waals surface area contributed by atoms with Gasteiger partial charge in [-0.05, 0) is 89.3 Å². The minimum Gasteiger partial charge on any atom is -0.618 e. The van der Waals surface area contributed by atoms with Crippen molar-refractivity contribution in [2.24, 2.45) is 10.7 Å². The second-order valence-corrected chi connectivity index (χ2v) is 14.7. The molecule has 4 atom stereocenters. The molecule has 272 valence electrons. The van der Waals surface area contributed by atoms with Gasteiger partial charge < -0.3 is 25.3 Å². The number of hydrogen-bond donors (Lipinski definition) is 1. The summed E-state index contributed by atoms with van der Waals surface area (Å²) in [5, 5.41) is 7.49. The first-order valence-corrected chi connectivity index (χ1v) is 19.5. The summed E-state index contributed by atoms with van der Waals surface area (Å²) in [6.45, 7) is 0. The fourth-order valence-corrected chi connectivity index (χ4v) is 8.43. The Morgan fingerprint density at radius 3 is 2.32 bits per heavy atom. The lowest BCUT2D eigenvalue weighted by molar-refractivity contribution is 0.258. The van der Waals surface area contributed by atoms with E-state index in [0.29, 0.717) is 0 Å². The van der Waals surface area contributed by atoms with Crippen LogP contribution in [0.25, 0.3) is 49.5 Å². The van der Waals surface area contributed by atoms with E-state index in [9.17, 15) is 0 Å². The molecule has 2 N–H and O–H groups in total. The first-order chi connectivity index (χ1) is 27.7. The van der Waals surface area contributed by atoms with Gasteiger partial charge in [-0.3, -0.25) is 0 Å². The maximum atomic E-state index is 6.95. The van der Waals surface area contributed by atoms with Crippen molar-refractivity contribution in [3.05, 3.63) is 215 Å². The van der Waals surface area contributed by atoms with E-state index in [4.69, 9.17) is 20.8 Å². The highest BCUT2D eigenvalue weighted by molar-refractivity contribution is 6.11. The van der Waals surface area contributed by atoms with Gasteiger partial charge in [0.2, 0.25) is 0 Å². The van der Waals surface area contributed by atoms with Crippen molar-refractivity contribution in [3.8, 4) is 22.6 Å². The third-order valence-electron chi connectivity index (χ3n) is 11.3. The Labute approximate surface area is 327 Å². The number of hydrogen-bond acceptors (Lipinski definition) is 3. The summed E-state index contributed by atoms with van der Waals surface area (Å²) in [7, 11) is 0. The van der Waals surface area contributed by atoms with Gasteiger partial charge >= 0.3 is 0 Å². The molecule has 3 aliphatic rings. The van der Waals surface area contributed by atoms with Gasteiger partial charge in [0.15, 0.2) is 0 Å². The first-order valence-electron chi connectivity index (χ1n) is 19.5. The second kappa shape index (κ2) is 14.6. The molecule has 0 saturated heterocycles. The lowest BCUT2D eigenvalue weighted by atomic mass is 9.83. The molecule has 4 unspecified atom stereocenters. The number of benzene rings is 6. The van der Waals surface area contributed by atoms with Gasteiger partial charge in [-0.1, -0.05) is 151 Å². The van der Waals surface area contributed by atoms with Crippen LogP contribution < -0.4 is 10.5 Å². The van der Waals surface area contributed by atoms with Gasteiger partial charge in [0.05, 0.1) is 11.0 Å². The zero-order valence-corrected chi connectivity index (χ0v) is 30.9. The van der Waals surface area contributed by atoms with Crippen molar-refractivity contribution >= 4 is 33.6 Å². The highest BCUT2D eigenvalue weighted by atomic mass is 16.5. The highest BCUT2D eigenvalue weighted by Gasteiger charge is 2.36. The zero-order chi connectivity index (χ0) is 37.4. The van der Waals surface area contributed by atoms with E-state index in [1.54, 1.807) is 0 Å². The number of fused-ring (bicyclic) bond motifs is 6. The Morgan fingerprint density at radius 1 is 0.714 bits per heavy atom. The van der Waals surface area contributed by atoms with Crippen LogP contribution in [0.15, 0.2) is 193 Å². The fraction of sp³-hybridized carbons (Fsp3) is 0.118. The van der Waals surface area contributed by atoms with Crippen molar-refractivity contribution < 1.29 is 4.74 Å². The summed E-state index contributed by atoms with van der Waals surface area (Å²) in [6.07, 6.45) is 15.9. The molecule has 5 heteroatoms. The quantitative estimate of drug-likeness (QED) is 0.151. The van der Waals surface area contributed by atoms with Crippen LogP contribution in [0.4, 0.5) is 0 Å². The fourth-order valence-electron chi connectivity index (χ4n) is 8.43. The Bertz CT molecular complexity index is 2740. The molecule has 0 radical (unpaired) electrons. The third kappa shape index (κ3) is 6.31. The Kier molecular flexibility index (Phi) is 8.87. The van der Waals surface area contributed by atoms with Crippen molar-refractivity contribution in [3.63, 3.8) is 0 Å². The Balaban J connectivity index is 1.04. The normalized spacial score (nSPS) is 18.4. The summed E-state index contributed by atoms with van der Waals surface area (Å²) in [4.78, 5) is 4.95. The van der Waals surface area contributed by atoms with E-state index in [1.165, 1.54) is 44.2 Å². The molecule has 5 nitrogen and oxygen atoms in total. The van der Waals surface area contributed by atoms with Crippen molar-refractivity contribution in [1.29, 1.82) is 0 Å². The van der Waals surface area contributed by atoms with Crippen LogP contribution in [0.5, 0.6) is 5.75 Å². The van der Waals surface area contributed by atoms with E-state index < -0.39 is 12.3 Å². The molecule has 1 aromatic heterocycles. The Morgan fingerprint density at radius 2 is 1.48 bits per heavy atom. The molecule has 6 aromatic carbocycles.